The lowest BCUT2D eigenvalue weighted by Crippen LogP contribution is -2.15. The smallest absolute Gasteiger partial charge is 0.233 e. The Bertz CT molecular complexity index is 461. The van der Waals surface area contributed by atoms with Gasteiger partial charge in [0, 0.05) is 23.9 Å². The summed E-state index contributed by atoms with van der Waals surface area (Å²) in [4.78, 5) is 23.3. The molecule has 16 heavy (non-hydrogen) atoms. The van der Waals surface area contributed by atoms with E-state index in [9.17, 15) is 9.59 Å². The van der Waals surface area contributed by atoms with Crippen LogP contribution in [0.3, 0.4) is 0 Å². The molecule has 0 aliphatic heterocycles. The average molecular weight is 215 g/mol. The van der Waals surface area contributed by atoms with E-state index in [1.54, 1.807) is 25.2 Å². The molecule has 0 aliphatic rings. The molecule has 0 radical (unpaired) electrons. The Morgan fingerprint density at radius 3 is 2.62 bits per heavy atom. The normalized spacial score (nSPS) is 9.31. The van der Waals surface area contributed by atoms with Crippen LogP contribution >= 0.6 is 0 Å². The van der Waals surface area contributed by atoms with Crippen molar-refractivity contribution in [3.8, 4) is 0 Å². The molecule has 1 rings (SSSR count). The zero-order valence-corrected chi connectivity index (χ0v) is 9.12. The summed E-state index contributed by atoms with van der Waals surface area (Å²) in [5.41, 5.74) is 1.24. The standard InChI is InChI=1S/C13H13NO2/c1-4-9(2)12(15)13(16)10-6-5-7-11(8-10)14-3/h4-8,14H,1-2H2,3H3. The number of Topliss-reactive ketones (excluding diaryl/α,β-unsaturated/α-hetero) is 2. The van der Waals surface area contributed by atoms with Gasteiger partial charge in [0.2, 0.25) is 11.6 Å². The number of benzene rings is 1. The minimum absolute atomic E-state index is 0.111. The number of ketones is 2. The van der Waals surface area contributed by atoms with Gasteiger partial charge in [-0.25, -0.2) is 0 Å². The van der Waals surface area contributed by atoms with Crippen LogP contribution in [0.15, 0.2) is 49.1 Å². The van der Waals surface area contributed by atoms with E-state index in [4.69, 9.17) is 0 Å². The number of nitrogens with one attached hydrogen (secondary N) is 1. The minimum Gasteiger partial charge on any atom is -0.388 e. The third-order valence-corrected chi connectivity index (χ3v) is 2.16. The quantitative estimate of drug-likeness (QED) is 0.354. The van der Waals surface area contributed by atoms with Gasteiger partial charge in [0.15, 0.2) is 0 Å². The number of hydrogen-bond donors (Lipinski definition) is 1. The van der Waals surface area contributed by atoms with Crippen LogP contribution in [0.1, 0.15) is 10.4 Å². The van der Waals surface area contributed by atoms with Crippen molar-refractivity contribution in [2.75, 3.05) is 12.4 Å². The Balaban J connectivity index is 3.00. The van der Waals surface area contributed by atoms with Gasteiger partial charge in [-0.05, 0) is 12.1 Å². The summed E-state index contributed by atoms with van der Waals surface area (Å²) in [5.74, 6) is -1.19. The van der Waals surface area contributed by atoms with E-state index < -0.39 is 11.6 Å². The maximum Gasteiger partial charge on any atom is 0.233 e. The topological polar surface area (TPSA) is 46.2 Å². The third-order valence-electron chi connectivity index (χ3n) is 2.16. The van der Waals surface area contributed by atoms with Crippen LogP contribution in [0.4, 0.5) is 5.69 Å². The van der Waals surface area contributed by atoms with Crippen molar-refractivity contribution in [2.45, 2.75) is 0 Å². The maximum atomic E-state index is 11.7. The van der Waals surface area contributed by atoms with E-state index in [1.165, 1.54) is 6.08 Å². The second-order valence-electron chi connectivity index (χ2n) is 3.22. The first-order valence-corrected chi connectivity index (χ1v) is 4.78. The molecule has 1 N–H and O–H groups in total. The Labute approximate surface area is 94.5 Å². The molecule has 0 heterocycles. The van der Waals surface area contributed by atoms with Crippen LogP contribution < -0.4 is 5.32 Å². The molecule has 3 heteroatoms. The molecule has 3 nitrogen and oxygen atoms in total. The molecular formula is C13H13NO2. The lowest BCUT2D eigenvalue weighted by Gasteiger charge is -2.03. The van der Waals surface area contributed by atoms with Gasteiger partial charge in [-0.2, -0.15) is 0 Å². The Morgan fingerprint density at radius 2 is 2.06 bits per heavy atom. The third kappa shape index (κ3) is 2.45. The number of anilines is 1. The van der Waals surface area contributed by atoms with Gasteiger partial charge in [0.1, 0.15) is 0 Å². The SMILES string of the molecule is C=CC(=C)C(=O)C(=O)c1cccc(NC)c1. The molecule has 0 saturated carbocycles. The van der Waals surface area contributed by atoms with Crippen molar-refractivity contribution in [2.24, 2.45) is 0 Å². The summed E-state index contributed by atoms with van der Waals surface area (Å²) >= 11 is 0. The summed E-state index contributed by atoms with van der Waals surface area (Å²) in [6.45, 7) is 6.86. The second kappa shape index (κ2) is 5.07. The molecule has 0 bridgehead atoms. The van der Waals surface area contributed by atoms with Crippen molar-refractivity contribution >= 4 is 17.3 Å². The van der Waals surface area contributed by atoms with Crippen LogP contribution in [-0.4, -0.2) is 18.6 Å². The highest BCUT2D eigenvalue weighted by molar-refractivity contribution is 6.49. The fourth-order valence-electron chi connectivity index (χ4n) is 1.19. The van der Waals surface area contributed by atoms with Gasteiger partial charge in [-0.15, -0.1) is 0 Å². The van der Waals surface area contributed by atoms with Crippen molar-refractivity contribution in [3.05, 3.63) is 54.6 Å². The fraction of sp³-hybridized carbons (Fsp3) is 0.0769. The number of carbonyl (C=O) groups is 2. The van der Waals surface area contributed by atoms with Gasteiger partial charge in [-0.3, -0.25) is 9.59 Å². The number of hydrogen-bond acceptors (Lipinski definition) is 3. The van der Waals surface area contributed by atoms with Crippen LogP contribution in [0.25, 0.3) is 0 Å². The van der Waals surface area contributed by atoms with Gasteiger partial charge in [-0.1, -0.05) is 31.4 Å². The molecule has 0 saturated heterocycles. The zero-order chi connectivity index (χ0) is 12.1. The highest BCUT2D eigenvalue weighted by atomic mass is 16.2. The molecule has 0 fully saturated rings. The van der Waals surface area contributed by atoms with Crippen LogP contribution in [0, 0.1) is 0 Å². The molecule has 82 valence electrons. The van der Waals surface area contributed by atoms with Gasteiger partial charge in [0.25, 0.3) is 0 Å². The summed E-state index contributed by atoms with van der Waals surface area (Å²) in [6.07, 6.45) is 1.28. The highest BCUT2D eigenvalue weighted by Gasteiger charge is 2.17. The van der Waals surface area contributed by atoms with Crippen molar-refractivity contribution < 1.29 is 9.59 Å². The molecule has 0 unspecified atom stereocenters. The molecular weight excluding hydrogens is 202 g/mol. The van der Waals surface area contributed by atoms with Crippen molar-refractivity contribution in [1.29, 1.82) is 0 Å². The number of carbonyl (C=O) groups excluding carboxylic acids is 2. The number of rotatable bonds is 5. The molecule has 0 atom stereocenters. The van der Waals surface area contributed by atoms with E-state index in [-0.39, 0.29) is 5.57 Å². The molecule has 0 spiro atoms. The van der Waals surface area contributed by atoms with Gasteiger partial charge in [0.05, 0.1) is 0 Å². The Hall–Kier alpha value is -2.16. The predicted octanol–water partition coefficient (Wildman–Crippen LogP) is 2.22. The molecule has 0 amide bonds. The molecule has 1 aromatic rings. The second-order valence-corrected chi connectivity index (χ2v) is 3.22. The van der Waals surface area contributed by atoms with Gasteiger partial charge >= 0.3 is 0 Å². The molecule has 1 aromatic carbocycles. The van der Waals surface area contributed by atoms with E-state index in [0.717, 1.165) is 5.69 Å². The molecule has 0 aromatic heterocycles. The predicted molar refractivity (Wildman–Crippen MR) is 64.7 cm³/mol. The first kappa shape index (κ1) is 11.9. The zero-order valence-electron chi connectivity index (χ0n) is 9.12. The summed E-state index contributed by atoms with van der Waals surface area (Å²) < 4.78 is 0. The van der Waals surface area contributed by atoms with Crippen LogP contribution in [0.2, 0.25) is 0 Å². The maximum absolute atomic E-state index is 11.7. The molecule has 0 aliphatic carbocycles. The van der Waals surface area contributed by atoms with Gasteiger partial charge < -0.3 is 5.32 Å². The fourth-order valence-corrected chi connectivity index (χ4v) is 1.19. The monoisotopic (exact) mass is 215 g/mol. The van der Waals surface area contributed by atoms with E-state index in [1.807, 2.05) is 6.07 Å². The lowest BCUT2D eigenvalue weighted by molar-refractivity contribution is -0.111. The van der Waals surface area contributed by atoms with Crippen LogP contribution in [0.5, 0.6) is 0 Å². The van der Waals surface area contributed by atoms with E-state index >= 15 is 0 Å². The summed E-state index contributed by atoms with van der Waals surface area (Å²) in [6, 6.07) is 6.74. The summed E-state index contributed by atoms with van der Waals surface area (Å²) in [5, 5.41) is 2.90. The van der Waals surface area contributed by atoms with Crippen molar-refractivity contribution in [3.63, 3.8) is 0 Å². The average Bonchev–Trinajstić information content (AvgIpc) is 2.36. The van der Waals surface area contributed by atoms with E-state index in [0.29, 0.717) is 5.56 Å². The largest absolute Gasteiger partial charge is 0.388 e. The Morgan fingerprint density at radius 1 is 1.38 bits per heavy atom. The summed E-state index contributed by atoms with van der Waals surface area (Å²) in [7, 11) is 1.74. The van der Waals surface area contributed by atoms with Crippen molar-refractivity contribution in [1.82, 2.24) is 0 Å². The lowest BCUT2D eigenvalue weighted by atomic mass is 10.0. The number of allylic oxidation sites excluding steroid dienone is 2. The first-order valence-electron chi connectivity index (χ1n) is 4.78. The van der Waals surface area contributed by atoms with Crippen LogP contribution in [-0.2, 0) is 4.79 Å². The highest BCUT2D eigenvalue weighted by Crippen LogP contribution is 2.12. The minimum atomic E-state index is -0.622. The van der Waals surface area contributed by atoms with E-state index in [2.05, 4.69) is 18.5 Å². The first-order chi connectivity index (χ1) is 7.60. The Kier molecular flexibility index (Phi) is 3.78.